The molecule has 0 aromatic rings. The fraction of sp³-hybridized carbons (Fsp3) is 0.333. The Morgan fingerprint density at radius 3 is 2.50 bits per heavy atom. The maximum absolute atomic E-state index is 3.88. The number of hydrogen-bond donors (Lipinski definition) is 0. The average Bonchev–Trinajstić information content (AvgIpc) is 1.89. The van der Waals surface area contributed by atoms with Gasteiger partial charge in [0, 0.05) is 0 Å². The van der Waals surface area contributed by atoms with Gasteiger partial charge in [0.15, 0.2) is 0 Å². The normalized spacial score (nSPS) is 12.4. The van der Waals surface area contributed by atoms with Crippen LogP contribution in [0.2, 0.25) is 6.32 Å². The Morgan fingerprint density at radius 2 is 2.20 bits per heavy atom. The first-order chi connectivity index (χ1) is 4.72. The zero-order valence-electron chi connectivity index (χ0n) is 7.15. The Balaban J connectivity index is 4.18. The van der Waals surface area contributed by atoms with E-state index in [2.05, 4.69) is 20.5 Å². The van der Waals surface area contributed by atoms with Gasteiger partial charge in [-0.25, -0.2) is 0 Å². The van der Waals surface area contributed by atoms with Crippen molar-refractivity contribution >= 4 is 7.85 Å². The molecule has 1 heteroatoms. The highest BCUT2D eigenvalue weighted by atomic mass is 13.9. The molecule has 0 amide bonds. The summed E-state index contributed by atoms with van der Waals surface area (Å²) in [4.78, 5) is 0. The van der Waals surface area contributed by atoms with Crippen LogP contribution in [-0.4, -0.2) is 7.85 Å². The van der Waals surface area contributed by atoms with Gasteiger partial charge in [-0.1, -0.05) is 42.3 Å². The molecule has 54 valence electrons. The largest absolute Gasteiger partial charge is 0.107 e. The quantitative estimate of drug-likeness (QED) is 0.409. The predicted molar refractivity (Wildman–Crippen MR) is 51.1 cm³/mol. The van der Waals surface area contributed by atoms with Crippen LogP contribution in [0.5, 0.6) is 0 Å². The van der Waals surface area contributed by atoms with E-state index in [9.17, 15) is 0 Å². The van der Waals surface area contributed by atoms with Crippen LogP contribution >= 0.6 is 0 Å². The van der Waals surface area contributed by atoms with Crippen molar-refractivity contribution in [1.29, 1.82) is 0 Å². The van der Waals surface area contributed by atoms with Crippen molar-refractivity contribution < 1.29 is 0 Å². The van der Waals surface area contributed by atoms with Crippen molar-refractivity contribution in [2.75, 3.05) is 0 Å². The van der Waals surface area contributed by atoms with Crippen LogP contribution in [0, 0.1) is 0 Å². The molecule has 0 bridgehead atoms. The topological polar surface area (TPSA) is 0 Å². The van der Waals surface area contributed by atoms with E-state index in [4.69, 9.17) is 0 Å². The zero-order valence-corrected chi connectivity index (χ0v) is 7.15. The van der Waals surface area contributed by atoms with Crippen LogP contribution in [0.15, 0.2) is 36.0 Å². The third-order valence-electron chi connectivity index (χ3n) is 1.42. The summed E-state index contributed by atoms with van der Waals surface area (Å²) in [5, 5.41) is 0. The third kappa shape index (κ3) is 3.34. The Bertz CT molecular complexity index is 164. The number of rotatable bonds is 3. The lowest BCUT2D eigenvalue weighted by atomic mass is 9.92. The summed E-state index contributed by atoms with van der Waals surface area (Å²) in [6, 6.07) is 0. The highest BCUT2D eigenvalue weighted by Gasteiger charge is 1.90. The maximum Gasteiger partial charge on any atom is 0.107 e. The first kappa shape index (κ1) is 9.28. The zero-order chi connectivity index (χ0) is 7.98. The van der Waals surface area contributed by atoms with E-state index in [1.165, 1.54) is 11.1 Å². The first-order valence-electron chi connectivity index (χ1n) is 3.70. The van der Waals surface area contributed by atoms with Crippen molar-refractivity contribution in [1.82, 2.24) is 0 Å². The SMILES string of the molecule is BC/C(=C/C=C\C)C(=C)C. The molecule has 10 heavy (non-hydrogen) atoms. The van der Waals surface area contributed by atoms with E-state index in [0.29, 0.717) is 0 Å². The summed E-state index contributed by atoms with van der Waals surface area (Å²) < 4.78 is 0. The lowest BCUT2D eigenvalue weighted by molar-refractivity contribution is 1.35. The van der Waals surface area contributed by atoms with Crippen molar-refractivity contribution in [3.8, 4) is 0 Å². The lowest BCUT2D eigenvalue weighted by Gasteiger charge is -1.99. The van der Waals surface area contributed by atoms with E-state index in [1.54, 1.807) is 0 Å². The Labute approximate surface area is 64.7 Å². The van der Waals surface area contributed by atoms with Crippen molar-refractivity contribution in [3.05, 3.63) is 36.0 Å². The van der Waals surface area contributed by atoms with Crippen molar-refractivity contribution in [2.45, 2.75) is 20.2 Å². The second kappa shape index (κ2) is 5.10. The Hall–Kier alpha value is -0.715. The minimum Gasteiger partial charge on any atom is -0.0959 e. The van der Waals surface area contributed by atoms with Gasteiger partial charge in [0.05, 0.1) is 0 Å². The molecule has 0 heterocycles. The molecular weight excluding hydrogens is 119 g/mol. The van der Waals surface area contributed by atoms with E-state index < -0.39 is 0 Å². The highest BCUT2D eigenvalue weighted by Crippen LogP contribution is 2.09. The van der Waals surface area contributed by atoms with Gasteiger partial charge in [-0.2, -0.15) is 0 Å². The van der Waals surface area contributed by atoms with Gasteiger partial charge in [-0.05, 0) is 13.8 Å². The Kier molecular flexibility index (Phi) is 4.74. The molecule has 0 radical (unpaired) electrons. The van der Waals surface area contributed by atoms with E-state index in [0.717, 1.165) is 6.32 Å². The van der Waals surface area contributed by atoms with Crippen LogP contribution in [0.4, 0.5) is 0 Å². The van der Waals surface area contributed by atoms with Crippen molar-refractivity contribution in [2.24, 2.45) is 0 Å². The standard InChI is InChI=1S/C9H15B/c1-4-5-6-9(7-10)8(2)3/h4-6H,2,7,10H2,1,3H3/b5-4-,9-6-. The summed E-state index contributed by atoms with van der Waals surface area (Å²) in [6.45, 7) is 7.93. The third-order valence-corrected chi connectivity index (χ3v) is 1.42. The molecule has 0 aliphatic rings. The molecule has 0 atom stereocenters. The Morgan fingerprint density at radius 1 is 1.60 bits per heavy atom. The van der Waals surface area contributed by atoms with E-state index in [1.807, 2.05) is 26.0 Å². The van der Waals surface area contributed by atoms with Crippen LogP contribution in [-0.2, 0) is 0 Å². The number of hydrogen-bond acceptors (Lipinski definition) is 0. The van der Waals surface area contributed by atoms with Gasteiger partial charge in [-0.3, -0.25) is 0 Å². The summed E-state index contributed by atoms with van der Waals surface area (Å²) in [5.74, 6) is 0. The van der Waals surface area contributed by atoms with Gasteiger partial charge >= 0.3 is 0 Å². The molecule has 0 aliphatic heterocycles. The number of allylic oxidation sites excluding steroid dienone is 5. The molecule has 0 unspecified atom stereocenters. The minimum atomic E-state index is 1.07. The lowest BCUT2D eigenvalue weighted by Crippen LogP contribution is -1.81. The molecular formula is C9H15B. The molecule has 0 spiro atoms. The van der Waals surface area contributed by atoms with Crippen LogP contribution in [0.25, 0.3) is 0 Å². The summed E-state index contributed by atoms with van der Waals surface area (Å²) >= 11 is 0. The van der Waals surface area contributed by atoms with E-state index >= 15 is 0 Å². The highest BCUT2D eigenvalue weighted by molar-refractivity contribution is 6.10. The van der Waals surface area contributed by atoms with Crippen LogP contribution in [0.1, 0.15) is 13.8 Å². The second-order valence-corrected chi connectivity index (χ2v) is 2.35. The van der Waals surface area contributed by atoms with Gasteiger partial charge < -0.3 is 0 Å². The molecule has 0 saturated heterocycles. The average molecular weight is 134 g/mol. The van der Waals surface area contributed by atoms with Crippen LogP contribution in [0.3, 0.4) is 0 Å². The molecule has 0 aromatic heterocycles. The monoisotopic (exact) mass is 134 g/mol. The first-order valence-corrected chi connectivity index (χ1v) is 3.70. The predicted octanol–water partition coefficient (Wildman–Crippen LogP) is 2.12. The van der Waals surface area contributed by atoms with Gasteiger partial charge in [0.1, 0.15) is 7.85 Å². The van der Waals surface area contributed by atoms with E-state index in [-0.39, 0.29) is 0 Å². The molecule has 0 aromatic carbocycles. The van der Waals surface area contributed by atoms with Gasteiger partial charge in [0.25, 0.3) is 0 Å². The van der Waals surface area contributed by atoms with Gasteiger partial charge in [0.2, 0.25) is 0 Å². The van der Waals surface area contributed by atoms with Crippen LogP contribution < -0.4 is 0 Å². The molecule has 0 saturated carbocycles. The summed E-state index contributed by atoms with van der Waals surface area (Å²) in [5.41, 5.74) is 2.50. The fourth-order valence-corrected chi connectivity index (χ4v) is 0.774. The maximum atomic E-state index is 3.88. The van der Waals surface area contributed by atoms with Crippen molar-refractivity contribution in [3.63, 3.8) is 0 Å². The molecule has 0 nitrogen and oxygen atoms in total. The minimum absolute atomic E-state index is 1.07. The summed E-state index contributed by atoms with van der Waals surface area (Å²) in [6.07, 6.45) is 7.26. The summed E-state index contributed by atoms with van der Waals surface area (Å²) in [7, 11) is 2.14. The smallest absolute Gasteiger partial charge is 0.0959 e. The fourth-order valence-electron chi connectivity index (χ4n) is 0.774. The molecule has 0 N–H and O–H groups in total. The second-order valence-electron chi connectivity index (χ2n) is 2.35. The molecule has 0 aliphatic carbocycles. The van der Waals surface area contributed by atoms with Gasteiger partial charge in [-0.15, -0.1) is 0 Å². The molecule has 0 rings (SSSR count). The molecule has 0 fully saturated rings.